The molecule has 0 aliphatic carbocycles. The van der Waals surface area contributed by atoms with Gasteiger partial charge in [0.15, 0.2) is 0 Å². The summed E-state index contributed by atoms with van der Waals surface area (Å²) >= 11 is 0. The van der Waals surface area contributed by atoms with Gasteiger partial charge in [-0.15, -0.1) is 0 Å². The summed E-state index contributed by atoms with van der Waals surface area (Å²) in [7, 11) is 0. The molecule has 1 aromatic rings. The van der Waals surface area contributed by atoms with E-state index in [0.29, 0.717) is 0 Å². The Bertz CT molecular complexity index is 286. The van der Waals surface area contributed by atoms with Gasteiger partial charge in [-0.1, -0.05) is 5.16 Å². The molecule has 0 fully saturated rings. The molecule has 5 heteroatoms. The Morgan fingerprint density at radius 1 is 1.40 bits per heavy atom. The fourth-order valence-electron chi connectivity index (χ4n) is 0.792. The second-order valence-corrected chi connectivity index (χ2v) is 1.85. The zero-order chi connectivity index (χ0) is 7.14. The number of hydrogen-bond donors (Lipinski definition) is 1. The fourth-order valence-corrected chi connectivity index (χ4v) is 0.792. The Balaban J connectivity index is 2.69. The minimum absolute atomic E-state index is 0.00463. The van der Waals surface area contributed by atoms with E-state index in [1.807, 2.05) is 0 Å². The smallest absolute Gasteiger partial charge is 0.297 e. The van der Waals surface area contributed by atoms with Gasteiger partial charge in [-0.2, -0.15) is 0 Å². The van der Waals surface area contributed by atoms with Gasteiger partial charge >= 0.3 is 0 Å². The van der Waals surface area contributed by atoms with E-state index in [9.17, 15) is 9.59 Å². The third-order valence-electron chi connectivity index (χ3n) is 1.25. The maximum Gasteiger partial charge on any atom is 0.297 e. The van der Waals surface area contributed by atoms with Crippen LogP contribution in [0.15, 0.2) is 10.7 Å². The van der Waals surface area contributed by atoms with E-state index in [1.54, 1.807) is 0 Å². The van der Waals surface area contributed by atoms with E-state index in [4.69, 9.17) is 0 Å². The summed E-state index contributed by atoms with van der Waals surface area (Å²) < 4.78 is 4.48. The Hall–Kier alpha value is -1.65. The predicted octanol–water partition coefficient (Wildman–Crippen LogP) is -0.442. The van der Waals surface area contributed by atoms with E-state index >= 15 is 0 Å². The van der Waals surface area contributed by atoms with Gasteiger partial charge in [0.1, 0.15) is 5.56 Å². The van der Waals surface area contributed by atoms with Crippen molar-refractivity contribution < 1.29 is 14.1 Å². The lowest BCUT2D eigenvalue weighted by molar-refractivity contribution is 0.0862. The number of nitrogens with one attached hydrogen (secondary N) is 1. The molecule has 2 rings (SSSR count). The SMILES string of the molecule is O=C1NC(=O)c2oncc21. The third kappa shape index (κ3) is 0.439. The molecule has 0 unspecified atom stereocenters. The third-order valence-corrected chi connectivity index (χ3v) is 1.25. The lowest BCUT2D eigenvalue weighted by Gasteiger charge is -1.82. The number of imide groups is 1. The number of nitrogens with zero attached hydrogens (tertiary/aromatic N) is 1. The molecule has 1 N–H and O–H groups in total. The standard InChI is InChI=1S/C5H2N2O3/c8-4-2-1-6-10-3(2)5(9)7-4/h1H,(H,7,8,9). The normalized spacial score (nSPS) is 15.2. The molecular weight excluding hydrogens is 136 g/mol. The predicted molar refractivity (Wildman–Crippen MR) is 28.3 cm³/mol. The Morgan fingerprint density at radius 2 is 2.20 bits per heavy atom. The number of amides is 2. The van der Waals surface area contributed by atoms with Crippen LogP contribution >= 0.6 is 0 Å². The molecular formula is C5H2N2O3. The van der Waals surface area contributed by atoms with Gasteiger partial charge in [-0.25, -0.2) is 0 Å². The molecule has 2 heterocycles. The van der Waals surface area contributed by atoms with Gasteiger partial charge in [-0.3, -0.25) is 14.9 Å². The molecule has 0 bridgehead atoms. The number of aromatic nitrogens is 1. The molecule has 0 saturated heterocycles. The van der Waals surface area contributed by atoms with Crippen molar-refractivity contribution in [3.8, 4) is 0 Å². The summed E-state index contributed by atoms with van der Waals surface area (Å²) in [6, 6.07) is 0. The Morgan fingerprint density at radius 3 is 2.90 bits per heavy atom. The second-order valence-electron chi connectivity index (χ2n) is 1.85. The molecule has 2 amide bonds. The highest BCUT2D eigenvalue weighted by molar-refractivity contribution is 6.19. The highest BCUT2D eigenvalue weighted by atomic mass is 16.5. The van der Waals surface area contributed by atoms with Gasteiger partial charge in [0.25, 0.3) is 11.8 Å². The first-order valence-electron chi connectivity index (χ1n) is 2.59. The van der Waals surface area contributed by atoms with E-state index in [-0.39, 0.29) is 11.3 Å². The average Bonchev–Trinajstić information content (AvgIpc) is 2.39. The minimum atomic E-state index is -0.516. The zero-order valence-corrected chi connectivity index (χ0v) is 4.75. The zero-order valence-electron chi connectivity index (χ0n) is 4.75. The fraction of sp³-hybridized carbons (Fsp3) is 0. The number of rotatable bonds is 0. The van der Waals surface area contributed by atoms with Crippen molar-refractivity contribution >= 4 is 11.8 Å². The van der Waals surface area contributed by atoms with Crippen LogP contribution in [0, 0.1) is 0 Å². The van der Waals surface area contributed by atoms with Gasteiger partial charge in [0.05, 0.1) is 6.20 Å². The molecule has 50 valence electrons. The number of hydrogen-bond acceptors (Lipinski definition) is 4. The molecule has 10 heavy (non-hydrogen) atoms. The van der Waals surface area contributed by atoms with Gasteiger partial charge < -0.3 is 4.52 Å². The van der Waals surface area contributed by atoms with Gasteiger partial charge in [0, 0.05) is 0 Å². The van der Waals surface area contributed by atoms with Gasteiger partial charge in [0.2, 0.25) is 5.76 Å². The molecule has 0 saturated carbocycles. The Labute approximate surface area is 55.0 Å². The molecule has 5 nitrogen and oxygen atoms in total. The van der Waals surface area contributed by atoms with Crippen LogP contribution in [0.25, 0.3) is 0 Å². The first-order valence-corrected chi connectivity index (χ1v) is 2.59. The van der Waals surface area contributed by atoms with Crippen molar-refractivity contribution in [2.24, 2.45) is 0 Å². The summed E-state index contributed by atoms with van der Waals surface area (Å²) in [5, 5.41) is 5.34. The van der Waals surface area contributed by atoms with Crippen molar-refractivity contribution in [3.05, 3.63) is 17.5 Å². The van der Waals surface area contributed by atoms with Crippen molar-refractivity contribution in [3.63, 3.8) is 0 Å². The van der Waals surface area contributed by atoms with Crippen LogP contribution in [0.4, 0.5) is 0 Å². The topological polar surface area (TPSA) is 72.2 Å². The largest absolute Gasteiger partial charge is 0.350 e. The van der Waals surface area contributed by atoms with E-state index < -0.39 is 11.8 Å². The lowest BCUT2D eigenvalue weighted by atomic mass is 10.3. The van der Waals surface area contributed by atoms with Crippen LogP contribution in [-0.2, 0) is 0 Å². The molecule has 1 aromatic heterocycles. The first-order chi connectivity index (χ1) is 4.79. The Kier molecular flexibility index (Phi) is 0.743. The van der Waals surface area contributed by atoms with Crippen LogP contribution in [0.1, 0.15) is 20.9 Å². The molecule has 0 spiro atoms. The summed E-state index contributed by atoms with van der Waals surface area (Å²) in [6.45, 7) is 0. The maximum atomic E-state index is 10.7. The van der Waals surface area contributed by atoms with E-state index in [1.165, 1.54) is 6.20 Å². The van der Waals surface area contributed by atoms with E-state index in [0.717, 1.165) is 0 Å². The minimum Gasteiger partial charge on any atom is -0.350 e. The molecule has 1 aliphatic rings. The molecule has 1 aliphatic heterocycles. The van der Waals surface area contributed by atoms with Crippen LogP contribution in [-0.4, -0.2) is 17.0 Å². The average molecular weight is 138 g/mol. The number of carbonyl (C=O) groups is 2. The van der Waals surface area contributed by atoms with Crippen molar-refractivity contribution in [2.45, 2.75) is 0 Å². The molecule has 0 radical (unpaired) electrons. The summed E-state index contributed by atoms with van der Waals surface area (Å²) in [6.07, 6.45) is 1.22. The van der Waals surface area contributed by atoms with Crippen molar-refractivity contribution in [1.29, 1.82) is 0 Å². The first kappa shape index (κ1) is 5.16. The quantitative estimate of drug-likeness (QED) is 0.493. The summed E-state index contributed by atoms with van der Waals surface area (Å²) in [4.78, 5) is 21.4. The molecule has 0 atom stereocenters. The number of fused-ring (bicyclic) bond motifs is 1. The highest BCUT2D eigenvalue weighted by Crippen LogP contribution is 2.12. The van der Waals surface area contributed by atoms with Crippen LogP contribution in [0.3, 0.4) is 0 Å². The lowest BCUT2D eigenvalue weighted by Crippen LogP contribution is -2.20. The van der Waals surface area contributed by atoms with Crippen LogP contribution in [0.5, 0.6) is 0 Å². The summed E-state index contributed by atoms with van der Waals surface area (Å²) in [5.74, 6) is -0.955. The monoisotopic (exact) mass is 138 g/mol. The van der Waals surface area contributed by atoms with E-state index in [2.05, 4.69) is 15.0 Å². The maximum absolute atomic E-state index is 10.7. The van der Waals surface area contributed by atoms with Crippen LogP contribution < -0.4 is 5.32 Å². The van der Waals surface area contributed by atoms with Gasteiger partial charge in [-0.05, 0) is 0 Å². The van der Waals surface area contributed by atoms with Crippen molar-refractivity contribution in [1.82, 2.24) is 10.5 Å². The highest BCUT2D eigenvalue weighted by Gasteiger charge is 2.31. The molecule has 0 aromatic carbocycles. The number of carbonyl (C=O) groups excluding carboxylic acids is 2. The second kappa shape index (κ2) is 1.44. The summed E-state index contributed by atoms with van der Waals surface area (Å²) in [5.41, 5.74) is 0.213. The van der Waals surface area contributed by atoms with Crippen LogP contribution in [0.2, 0.25) is 0 Å². The van der Waals surface area contributed by atoms with Crippen molar-refractivity contribution in [2.75, 3.05) is 0 Å².